The van der Waals surface area contributed by atoms with Crippen LogP contribution < -0.4 is 0 Å². The highest BCUT2D eigenvalue weighted by molar-refractivity contribution is 4.78. The first-order valence-corrected chi connectivity index (χ1v) is 4.62. The van der Waals surface area contributed by atoms with Gasteiger partial charge >= 0.3 is 0 Å². The summed E-state index contributed by atoms with van der Waals surface area (Å²) in [5.41, 5.74) is 0. The van der Waals surface area contributed by atoms with Crippen molar-refractivity contribution >= 4 is 0 Å². The van der Waals surface area contributed by atoms with Crippen molar-refractivity contribution in [2.45, 2.75) is 45.3 Å². The van der Waals surface area contributed by atoms with Crippen molar-refractivity contribution in [2.24, 2.45) is 0 Å². The van der Waals surface area contributed by atoms with Crippen LogP contribution in [-0.4, -0.2) is 30.2 Å². The minimum atomic E-state index is -0.665. The summed E-state index contributed by atoms with van der Waals surface area (Å²) in [5.74, 6) is 0. The van der Waals surface area contributed by atoms with Crippen LogP contribution in [0, 0.1) is 0 Å². The Morgan fingerprint density at radius 2 is 2.36 bits per heavy atom. The Kier molecular flexibility index (Phi) is 3.31. The normalized spacial score (nSPS) is 29.2. The third kappa shape index (κ3) is 2.44. The number of hydrogen-bond donors (Lipinski definition) is 0. The maximum absolute atomic E-state index is 12.6. The summed E-state index contributed by atoms with van der Waals surface area (Å²) >= 11 is 0. The number of alkyl halides is 1. The number of hydrogen-bond acceptors (Lipinski definition) is 1. The van der Waals surface area contributed by atoms with Crippen LogP contribution in [0.4, 0.5) is 4.39 Å². The van der Waals surface area contributed by atoms with Crippen molar-refractivity contribution < 1.29 is 4.39 Å². The van der Waals surface area contributed by atoms with Crippen LogP contribution in [0.5, 0.6) is 0 Å². The summed E-state index contributed by atoms with van der Waals surface area (Å²) < 4.78 is 12.6. The first-order chi connectivity index (χ1) is 5.24. The smallest absolute Gasteiger partial charge is 0.110 e. The van der Waals surface area contributed by atoms with Gasteiger partial charge in [0.2, 0.25) is 0 Å². The second kappa shape index (κ2) is 4.05. The molecule has 66 valence electrons. The molecule has 0 aromatic rings. The SMILES string of the molecule is CCC1CCCN1CC(C)F. The fraction of sp³-hybridized carbons (Fsp3) is 1.00. The van der Waals surface area contributed by atoms with Crippen molar-refractivity contribution in [3.63, 3.8) is 0 Å². The second-order valence-corrected chi connectivity index (χ2v) is 3.48. The Balaban J connectivity index is 2.31. The summed E-state index contributed by atoms with van der Waals surface area (Å²) in [6, 6.07) is 0.660. The quantitative estimate of drug-likeness (QED) is 0.610. The molecule has 1 aliphatic heterocycles. The topological polar surface area (TPSA) is 3.24 Å². The first-order valence-electron chi connectivity index (χ1n) is 4.62. The van der Waals surface area contributed by atoms with Crippen molar-refractivity contribution in [1.82, 2.24) is 4.90 Å². The van der Waals surface area contributed by atoms with Crippen LogP contribution in [0.1, 0.15) is 33.1 Å². The molecule has 0 amide bonds. The summed E-state index contributed by atoms with van der Waals surface area (Å²) in [5, 5.41) is 0. The molecule has 2 heteroatoms. The highest BCUT2D eigenvalue weighted by atomic mass is 19.1. The molecular formula is C9H18FN. The number of halogens is 1. The molecule has 0 aliphatic carbocycles. The molecule has 2 unspecified atom stereocenters. The molecule has 2 atom stereocenters. The molecule has 0 bridgehead atoms. The fourth-order valence-electron chi connectivity index (χ4n) is 1.92. The van der Waals surface area contributed by atoms with E-state index in [4.69, 9.17) is 0 Å². The zero-order valence-electron chi connectivity index (χ0n) is 7.52. The third-order valence-corrected chi connectivity index (χ3v) is 2.46. The Bertz CT molecular complexity index is 114. The van der Waals surface area contributed by atoms with Crippen LogP contribution in [0.3, 0.4) is 0 Å². The molecule has 11 heavy (non-hydrogen) atoms. The molecule has 1 heterocycles. The third-order valence-electron chi connectivity index (χ3n) is 2.46. The average molecular weight is 159 g/mol. The van der Waals surface area contributed by atoms with Gasteiger partial charge < -0.3 is 0 Å². The summed E-state index contributed by atoms with van der Waals surface area (Å²) in [6.45, 7) is 5.57. The van der Waals surface area contributed by atoms with E-state index in [1.807, 2.05) is 0 Å². The second-order valence-electron chi connectivity index (χ2n) is 3.48. The molecule has 1 saturated heterocycles. The average Bonchev–Trinajstić information content (AvgIpc) is 2.34. The van der Waals surface area contributed by atoms with Gasteiger partial charge in [-0.25, -0.2) is 4.39 Å². The highest BCUT2D eigenvalue weighted by Gasteiger charge is 2.23. The Labute approximate surface area is 68.6 Å². The lowest BCUT2D eigenvalue weighted by molar-refractivity contribution is 0.185. The first kappa shape index (κ1) is 8.98. The molecule has 0 N–H and O–H groups in total. The van der Waals surface area contributed by atoms with E-state index in [0.29, 0.717) is 12.6 Å². The Hall–Kier alpha value is -0.110. The van der Waals surface area contributed by atoms with Gasteiger partial charge in [-0.1, -0.05) is 6.92 Å². The molecule has 1 nitrogen and oxygen atoms in total. The standard InChI is InChI=1S/C9H18FN/c1-3-9-5-4-6-11(9)7-8(2)10/h8-9H,3-7H2,1-2H3. The zero-order valence-corrected chi connectivity index (χ0v) is 7.52. The van der Waals surface area contributed by atoms with E-state index in [1.54, 1.807) is 6.92 Å². The lowest BCUT2D eigenvalue weighted by Crippen LogP contribution is -2.33. The minimum Gasteiger partial charge on any atom is -0.298 e. The Morgan fingerprint density at radius 3 is 2.91 bits per heavy atom. The largest absolute Gasteiger partial charge is 0.298 e. The predicted molar refractivity (Wildman–Crippen MR) is 45.5 cm³/mol. The minimum absolute atomic E-state index is 0.637. The van der Waals surface area contributed by atoms with Gasteiger partial charge in [-0.3, -0.25) is 4.90 Å². The van der Waals surface area contributed by atoms with Crippen LogP contribution in [0.2, 0.25) is 0 Å². The van der Waals surface area contributed by atoms with Gasteiger partial charge in [-0.05, 0) is 32.7 Å². The van der Waals surface area contributed by atoms with E-state index in [2.05, 4.69) is 11.8 Å². The maximum Gasteiger partial charge on any atom is 0.110 e. The lowest BCUT2D eigenvalue weighted by Gasteiger charge is -2.23. The van der Waals surface area contributed by atoms with Crippen LogP contribution in [-0.2, 0) is 0 Å². The number of likely N-dealkylation sites (tertiary alicyclic amines) is 1. The molecule has 0 spiro atoms. The molecule has 0 radical (unpaired) electrons. The maximum atomic E-state index is 12.6. The van der Waals surface area contributed by atoms with E-state index >= 15 is 0 Å². The van der Waals surface area contributed by atoms with E-state index in [1.165, 1.54) is 19.3 Å². The van der Waals surface area contributed by atoms with E-state index in [9.17, 15) is 4.39 Å². The summed E-state index contributed by atoms with van der Waals surface area (Å²) in [4.78, 5) is 2.28. The van der Waals surface area contributed by atoms with E-state index < -0.39 is 6.17 Å². The molecular weight excluding hydrogens is 141 g/mol. The predicted octanol–water partition coefficient (Wildman–Crippen LogP) is 2.22. The van der Waals surface area contributed by atoms with Crippen molar-refractivity contribution in [3.05, 3.63) is 0 Å². The monoisotopic (exact) mass is 159 g/mol. The highest BCUT2D eigenvalue weighted by Crippen LogP contribution is 2.19. The van der Waals surface area contributed by atoms with Gasteiger partial charge in [0.05, 0.1) is 0 Å². The van der Waals surface area contributed by atoms with Gasteiger partial charge in [0, 0.05) is 12.6 Å². The Morgan fingerprint density at radius 1 is 1.64 bits per heavy atom. The lowest BCUT2D eigenvalue weighted by atomic mass is 10.2. The summed E-state index contributed by atoms with van der Waals surface area (Å²) in [6.07, 6.45) is 3.03. The number of nitrogens with zero attached hydrogens (tertiary/aromatic N) is 1. The summed E-state index contributed by atoms with van der Waals surface area (Å²) in [7, 11) is 0. The van der Waals surface area contributed by atoms with Gasteiger partial charge in [0.25, 0.3) is 0 Å². The van der Waals surface area contributed by atoms with Crippen molar-refractivity contribution in [2.75, 3.05) is 13.1 Å². The molecule has 1 aliphatic rings. The van der Waals surface area contributed by atoms with E-state index in [0.717, 1.165) is 6.54 Å². The molecule has 0 saturated carbocycles. The molecule has 0 aromatic heterocycles. The van der Waals surface area contributed by atoms with Crippen molar-refractivity contribution in [3.8, 4) is 0 Å². The van der Waals surface area contributed by atoms with Crippen LogP contribution in [0.25, 0.3) is 0 Å². The van der Waals surface area contributed by atoms with Gasteiger partial charge in [-0.15, -0.1) is 0 Å². The van der Waals surface area contributed by atoms with Gasteiger partial charge in [-0.2, -0.15) is 0 Å². The van der Waals surface area contributed by atoms with E-state index in [-0.39, 0.29) is 0 Å². The zero-order chi connectivity index (χ0) is 8.27. The van der Waals surface area contributed by atoms with Gasteiger partial charge in [0.15, 0.2) is 0 Å². The van der Waals surface area contributed by atoms with Crippen LogP contribution >= 0.6 is 0 Å². The van der Waals surface area contributed by atoms with Crippen molar-refractivity contribution in [1.29, 1.82) is 0 Å². The fourth-order valence-corrected chi connectivity index (χ4v) is 1.92. The van der Waals surface area contributed by atoms with Gasteiger partial charge in [0.1, 0.15) is 6.17 Å². The molecule has 0 aromatic carbocycles. The molecule has 1 fully saturated rings. The molecule has 1 rings (SSSR count). The number of rotatable bonds is 3. The van der Waals surface area contributed by atoms with Crippen LogP contribution in [0.15, 0.2) is 0 Å².